The lowest BCUT2D eigenvalue weighted by Gasteiger charge is -2.25. The minimum atomic E-state index is 0.183. The van der Waals surface area contributed by atoms with Crippen molar-refractivity contribution < 1.29 is 0 Å². The molecule has 4 heteroatoms. The van der Waals surface area contributed by atoms with E-state index in [4.69, 9.17) is 5.73 Å². The van der Waals surface area contributed by atoms with Gasteiger partial charge in [-0.25, -0.2) is 0 Å². The van der Waals surface area contributed by atoms with Gasteiger partial charge >= 0.3 is 0 Å². The van der Waals surface area contributed by atoms with Crippen molar-refractivity contribution in [1.29, 1.82) is 0 Å². The Morgan fingerprint density at radius 2 is 2.31 bits per heavy atom. The van der Waals surface area contributed by atoms with E-state index in [0.29, 0.717) is 5.92 Å². The van der Waals surface area contributed by atoms with E-state index in [1.807, 2.05) is 13.8 Å². The molecule has 0 aromatic carbocycles. The van der Waals surface area contributed by atoms with Crippen molar-refractivity contribution in [2.75, 3.05) is 0 Å². The highest BCUT2D eigenvalue weighted by Gasteiger charge is 2.26. The van der Waals surface area contributed by atoms with Gasteiger partial charge in [0.1, 0.15) is 11.6 Å². The van der Waals surface area contributed by atoms with Gasteiger partial charge in [-0.15, -0.1) is 10.2 Å². The molecule has 72 valence electrons. The standard InChI is InChI=1S/C9H16N4/c1-6(10)8-4-3-5-13-7(2)11-12-9(8)13/h6,8H,3-5,10H2,1-2H3. The molecule has 0 radical (unpaired) electrons. The predicted octanol–water partition coefficient (Wildman–Crippen LogP) is 0.811. The Balaban J connectivity index is 2.38. The Hall–Kier alpha value is -0.900. The molecule has 0 bridgehead atoms. The lowest BCUT2D eigenvalue weighted by molar-refractivity contribution is 0.400. The summed E-state index contributed by atoms with van der Waals surface area (Å²) in [6, 6.07) is 0.183. The maximum Gasteiger partial charge on any atom is 0.137 e. The first-order valence-corrected chi connectivity index (χ1v) is 4.85. The second kappa shape index (κ2) is 3.10. The van der Waals surface area contributed by atoms with Crippen LogP contribution in [0.3, 0.4) is 0 Å². The molecule has 2 rings (SSSR count). The van der Waals surface area contributed by atoms with Crippen molar-refractivity contribution in [2.45, 2.75) is 45.2 Å². The number of hydrogen-bond donors (Lipinski definition) is 1. The van der Waals surface area contributed by atoms with E-state index in [9.17, 15) is 0 Å². The van der Waals surface area contributed by atoms with Crippen molar-refractivity contribution in [2.24, 2.45) is 5.73 Å². The van der Waals surface area contributed by atoms with Crippen molar-refractivity contribution in [3.05, 3.63) is 11.6 Å². The van der Waals surface area contributed by atoms with Gasteiger partial charge < -0.3 is 10.3 Å². The van der Waals surface area contributed by atoms with Gasteiger partial charge in [0.15, 0.2) is 0 Å². The molecule has 2 unspecified atom stereocenters. The van der Waals surface area contributed by atoms with Gasteiger partial charge in [-0.05, 0) is 26.7 Å². The van der Waals surface area contributed by atoms with Crippen molar-refractivity contribution in [3.8, 4) is 0 Å². The highest BCUT2D eigenvalue weighted by Crippen LogP contribution is 2.28. The highest BCUT2D eigenvalue weighted by molar-refractivity contribution is 5.06. The van der Waals surface area contributed by atoms with Crippen LogP contribution in [0.4, 0.5) is 0 Å². The average molecular weight is 180 g/mol. The van der Waals surface area contributed by atoms with Crippen molar-refractivity contribution >= 4 is 0 Å². The third kappa shape index (κ3) is 1.35. The second-order valence-corrected chi connectivity index (χ2v) is 3.86. The maximum atomic E-state index is 5.91. The number of fused-ring (bicyclic) bond motifs is 1. The molecule has 1 aromatic heterocycles. The molecule has 0 spiro atoms. The molecule has 1 aliphatic rings. The zero-order valence-corrected chi connectivity index (χ0v) is 8.20. The number of hydrogen-bond acceptors (Lipinski definition) is 3. The molecule has 2 N–H and O–H groups in total. The lowest BCUT2D eigenvalue weighted by atomic mass is 9.93. The van der Waals surface area contributed by atoms with E-state index in [1.165, 1.54) is 6.42 Å². The maximum absolute atomic E-state index is 5.91. The molecule has 13 heavy (non-hydrogen) atoms. The van der Waals surface area contributed by atoms with Crippen LogP contribution in [0.2, 0.25) is 0 Å². The molecule has 2 heterocycles. The van der Waals surface area contributed by atoms with E-state index in [2.05, 4.69) is 14.8 Å². The van der Waals surface area contributed by atoms with E-state index in [-0.39, 0.29) is 6.04 Å². The molecule has 0 amide bonds. The van der Waals surface area contributed by atoms with Gasteiger partial charge in [0, 0.05) is 18.5 Å². The van der Waals surface area contributed by atoms with Crippen LogP contribution in [-0.4, -0.2) is 20.8 Å². The average Bonchev–Trinajstić information content (AvgIpc) is 2.48. The molecular weight excluding hydrogens is 164 g/mol. The molecule has 0 saturated heterocycles. The summed E-state index contributed by atoms with van der Waals surface area (Å²) in [4.78, 5) is 0. The van der Waals surface area contributed by atoms with Crippen molar-refractivity contribution in [1.82, 2.24) is 14.8 Å². The Morgan fingerprint density at radius 3 is 3.00 bits per heavy atom. The summed E-state index contributed by atoms with van der Waals surface area (Å²) < 4.78 is 2.19. The fraction of sp³-hybridized carbons (Fsp3) is 0.778. The summed E-state index contributed by atoms with van der Waals surface area (Å²) in [6.07, 6.45) is 2.34. The molecule has 1 aliphatic heterocycles. The Labute approximate surface area is 78.1 Å². The number of aromatic nitrogens is 3. The van der Waals surface area contributed by atoms with Crippen molar-refractivity contribution in [3.63, 3.8) is 0 Å². The van der Waals surface area contributed by atoms with E-state index in [0.717, 1.165) is 24.6 Å². The Morgan fingerprint density at radius 1 is 1.54 bits per heavy atom. The van der Waals surface area contributed by atoms with Crippen LogP contribution in [0.1, 0.15) is 37.3 Å². The van der Waals surface area contributed by atoms with Gasteiger partial charge in [-0.2, -0.15) is 0 Å². The first kappa shape index (κ1) is 8.69. The van der Waals surface area contributed by atoms with Crippen LogP contribution in [0.5, 0.6) is 0 Å². The van der Waals surface area contributed by atoms with Gasteiger partial charge in [-0.3, -0.25) is 0 Å². The fourth-order valence-electron chi connectivity index (χ4n) is 2.04. The van der Waals surface area contributed by atoms with E-state index >= 15 is 0 Å². The van der Waals surface area contributed by atoms with Crippen LogP contribution >= 0.6 is 0 Å². The first-order valence-electron chi connectivity index (χ1n) is 4.85. The van der Waals surface area contributed by atoms with Crippen LogP contribution < -0.4 is 5.73 Å². The Bertz CT molecular complexity index is 303. The number of aryl methyl sites for hydroxylation is 1. The molecule has 0 aliphatic carbocycles. The minimum Gasteiger partial charge on any atom is -0.327 e. The largest absolute Gasteiger partial charge is 0.327 e. The zero-order valence-electron chi connectivity index (χ0n) is 8.20. The van der Waals surface area contributed by atoms with Gasteiger partial charge in [0.25, 0.3) is 0 Å². The summed E-state index contributed by atoms with van der Waals surface area (Å²) in [6.45, 7) is 5.10. The SMILES string of the molecule is Cc1nnc2n1CCCC2C(C)N. The zero-order chi connectivity index (χ0) is 9.42. The van der Waals surface area contributed by atoms with Gasteiger partial charge in [-0.1, -0.05) is 0 Å². The number of nitrogens with two attached hydrogens (primary N) is 1. The summed E-state index contributed by atoms with van der Waals surface area (Å²) in [5, 5.41) is 8.28. The summed E-state index contributed by atoms with van der Waals surface area (Å²) >= 11 is 0. The van der Waals surface area contributed by atoms with E-state index in [1.54, 1.807) is 0 Å². The van der Waals surface area contributed by atoms with E-state index < -0.39 is 0 Å². The third-order valence-corrected chi connectivity index (χ3v) is 2.83. The second-order valence-electron chi connectivity index (χ2n) is 3.86. The normalized spacial score (nSPS) is 24.1. The molecule has 2 atom stereocenters. The molecular formula is C9H16N4. The summed E-state index contributed by atoms with van der Waals surface area (Å²) in [7, 11) is 0. The Kier molecular flexibility index (Phi) is 2.07. The molecule has 0 fully saturated rings. The van der Waals surface area contributed by atoms with Crippen LogP contribution in [0.25, 0.3) is 0 Å². The summed E-state index contributed by atoms with van der Waals surface area (Å²) in [5.74, 6) is 2.49. The quantitative estimate of drug-likeness (QED) is 0.695. The monoisotopic (exact) mass is 180 g/mol. The van der Waals surface area contributed by atoms with Gasteiger partial charge in [0.05, 0.1) is 0 Å². The third-order valence-electron chi connectivity index (χ3n) is 2.83. The number of nitrogens with zero attached hydrogens (tertiary/aromatic N) is 3. The predicted molar refractivity (Wildman–Crippen MR) is 50.4 cm³/mol. The molecule has 4 nitrogen and oxygen atoms in total. The van der Waals surface area contributed by atoms with Crippen LogP contribution in [-0.2, 0) is 6.54 Å². The van der Waals surface area contributed by atoms with Crippen LogP contribution in [0, 0.1) is 6.92 Å². The summed E-state index contributed by atoms with van der Waals surface area (Å²) in [5.41, 5.74) is 5.91. The van der Waals surface area contributed by atoms with Gasteiger partial charge in [0.2, 0.25) is 0 Å². The fourth-order valence-corrected chi connectivity index (χ4v) is 2.04. The number of rotatable bonds is 1. The minimum absolute atomic E-state index is 0.183. The van der Waals surface area contributed by atoms with Crippen LogP contribution in [0.15, 0.2) is 0 Å². The highest BCUT2D eigenvalue weighted by atomic mass is 15.3. The lowest BCUT2D eigenvalue weighted by Crippen LogP contribution is -2.30. The smallest absolute Gasteiger partial charge is 0.137 e. The first-order chi connectivity index (χ1) is 6.20. The molecule has 0 saturated carbocycles. The molecule has 1 aromatic rings. The topological polar surface area (TPSA) is 56.7 Å².